The molecule has 0 atom stereocenters. The Morgan fingerprint density at radius 2 is 1.79 bits per heavy atom. The third-order valence-corrected chi connectivity index (χ3v) is 4.49. The normalized spacial score (nSPS) is 23.4. The summed E-state index contributed by atoms with van der Waals surface area (Å²) in [5.74, 6) is 0.195. The van der Waals surface area contributed by atoms with Gasteiger partial charge in [0.2, 0.25) is 5.91 Å². The lowest BCUT2D eigenvalue weighted by molar-refractivity contribution is -0.121. The summed E-state index contributed by atoms with van der Waals surface area (Å²) in [5, 5.41) is 2.87. The van der Waals surface area contributed by atoms with Crippen molar-refractivity contribution >= 4 is 5.91 Å². The standard InChI is InChI=1S/C15H29N3O/c1-2-16-15(19)8-13-17-11-6-14(7-12-17)18-9-4-3-5-10-18/h14H,2-13H2,1H3,(H,16,19). The monoisotopic (exact) mass is 267 g/mol. The van der Waals surface area contributed by atoms with Crippen molar-refractivity contribution in [1.29, 1.82) is 0 Å². The van der Waals surface area contributed by atoms with Gasteiger partial charge in [-0.3, -0.25) is 4.79 Å². The topological polar surface area (TPSA) is 35.6 Å². The summed E-state index contributed by atoms with van der Waals surface area (Å²) < 4.78 is 0. The van der Waals surface area contributed by atoms with Gasteiger partial charge >= 0.3 is 0 Å². The van der Waals surface area contributed by atoms with Gasteiger partial charge in [-0.2, -0.15) is 0 Å². The number of carbonyl (C=O) groups excluding carboxylic acids is 1. The lowest BCUT2D eigenvalue weighted by atomic mass is 10.00. The third-order valence-electron chi connectivity index (χ3n) is 4.49. The van der Waals surface area contributed by atoms with Crippen LogP contribution in [0.4, 0.5) is 0 Å². The first-order valence-electron chi connectivity index (χ1n) is 8.02. The zero-order valence-electron chi connectivity index (χ0n) is 12.4. The molecule has 4 nitrogen and oxygen atoms in total. The summed E-state index contributed by atoms with van der Waals surface area (Å²) >= 11 is 0. The molecule has 0 unspecified atom stereocenters. The Balaban J connectivity index is 1.63. The van der Waals surface area contributed by atoms with E-state index in [4.69, 9.17) is 0 Å². The molecule has 0 saturated carbocycles. The fourth-order valence-corrected chi connectivity index (χ4v) is 3.34. The van der Waals surface area contributed by atoms with E-state index in [1.165, 1.54) is 58.3 Å². The van der Waals surface area contributed by atoms with Crippen molar-refractivity contribution in [3.05, 3.63) is 0 Å². The van der Waals surface area contributed by atoms with Crippen molar-refractivity contribution in [2.75, 3.05) is 39.3 Å². The quantitative estimate of drug-likeness (QED) is 0.819. The van der Waals surface area contributed by atoms with E-state index in [-0.39, 0.29) is 5.91 Å². The Morgan fingerprint density at radius 1 is 1.11 bits per heavy atom. The molecule has 2 fully saturated rings. The molecule has 2 rings (SSSR count). The molecule has 0 aromatic carbocycles. The van der Waals surface area contributed by atoms with Gasteiger partial charge in [-0.1, -0.05) is 6.42 Å². The molecule has 2 heterocycles. The molecule has 0 radical (unpaired) electrons. The summed E-state index contributed by atoms with van der Waals surface area (Å²) in [5.41, 5.74) is 0. The van der Waals surface area contributed by atoms with Crippen LogP contribution in [0, 0.1) is 0 Å². The molecule has 0 aromatic heterocycles. The van der Waals surface area contributed by atoms with Crippen molar-refractivity contribution in [2.24, 2.45) is 0 Å². The summed E-state index contributed by atoms with van der Waals surface area (Å²) in [6.45, 7) is 8.60. The molecule has 0 spiro atoms. The van der Waals surface area contributed by atoms with Crippen LogP contribution in [0.5, 0.6) is 0 Å². The van der Waals surface area contributed by atoms with Crippen LogP contribution in [-0.2, 0) is 4.79 Å². The highest BCUT2D eigenvalue weighted by Gasteiger charge is 2.25. The van der Waals surface area contributed by atoms with Crippen molar-refractivity contribution in [2.45, 2.75) is 51.5 Å². The van der Waals surface area contributed by atoms with Crippen LogP contribution in [-0.4, -0.2) is 61.0 Å². The predicted molar refractivity (Wildman–Crippen MR) is 78.2 cm³/mol. The van der Waals surface area contributed by atoms with Crippen LogP contribution in [0.1, 0.15) is 45.4 Å². The van der Waals surface area contributed by atoms with Gasteiger partial charge < -0.3 is 15.1 Å². The van der Waals surface area contributed by atoms with Gasteiger partial charge in [0.1, 0.15) is 0 Å². The number of nitrogens with one attached hydrogen (secondary N) is 1. The van der Waals surface area contributed by atoms with E-state index < -0.39 is 0 Å². The molecule has 0 aromatic rings. The molecule has 19 heavy (non-hydrogen) atoms. The summed E-state index contributed by atoms with van der Waals surface area (Å²) in [6.07, 6.45) is 7.42. The highest BCUT2D eigenvalue weighted by molar-refractivity contribution is 5.75. The van der Waals surface area contributed by atoms with E-state index in [9.17, 15) is 4.79 Å². The van der Waals surface area contributed by atoms with Gasteiger partial charge in [0, 0.05) is 25.6 Å². The fourth-order valence-electron chi connectivity index (χ4n) is 3.34. The summed E-state index contributed by atoms with van der Waals surface area (Å²) in [7, 11) is 0. The number of carbonyl (C=O) groups is 1. The number of rotatable bonds is 5. The molecule has 4 heteroatoms. The second-order valence-electron chi connectivity index (χ2n) is 5.87. The van der Waals surface area contributed by atoms with Crippen LogP contribution in [0.2, 0.25) is 0 Å². The molecule has 2 aliphatic rings. The predicted octanol–water partition coefficient (Wildman–Crippen LogP) is 1.46. The number of amides is 1. The molecule has 0 bridgehead atoms. The highest BCUT2D eigenvalue weighted by atomic mass is 16.1. The average molecular weight is 267 g/mol. The average Bonchev–Trinajstić information content (AvgIpc) is 2.47. The Labute approximate surface area is 117 Å². The number of likely N-dealkylation sites (tertiary alicyclic amines) is 2. The maximum atomic E-state index is 11.5. The lowest BCUT2D eigenvalue weighted by Crippen LogP contribution is -2.47. The van der Waals surface area contributed by atoms with E-state index >= 15 is 0 Å². The molecule has 0 aliphatic carbocycles. The molecule has 1 amide bonds. The Kier molecular flexibility index (Phi) is 6.11. The fraction of sp³-hybridized carbons (Fsp3) is 0.933. The van der Waals surface area contributed by atoms with E-state index in [1.54, 1.807) is 0 Å². The largest absolute Gasteiger partial charge is 0.356 e. The molecule has 110 valence electrons. The SMILES string of the molecule is CCNC(=O)CCN1CCC(N2CCCCC2)CC1. The van der Waals surface area contributed by atoms with E-state index in [1.807, 2.05) is 6.92 Å². The maximum Gasteiger partial charge on any atom is 0.221 e. The minimum atomic E-state index is 0.195. The van der Waals surface area contributed by atoms with Crippen LogP contribution >= 0.6 is 0 Å². The number of nitrogens with zero attached hydrogens (tertiary/aromatic N) is 2. The molecular formula is C15H29N3O. The van der Waals surface area contributed by atoms with Crippen LogP contribution in [0.15, 0.2) is 0 Å². The Morgan fingerprint density at radius 3 is 2.42 bits per heavy atom. The smallest absolute Gasteiger partial charge is 0.221 e. The van der Waals surface area contributed by atoms with Crippen LogP contribution in [0.3, 0.4) is 0 Å². The molecular weight excluding hydrogens is 238 g/mol. The molecule has 2 saturated heterocycles. The van der Waals surface area contributed by atoms with E-state index in [0.29, 0.717) is 6.42 Å². The minimum absolute atomic E-state index is 0.195. The van der Waals surface area contributed by atoms with Gasteiger partial charge in [-0.05, 0) is 58.8 Å². The van der Waals surface area contributed by atoms with Gasteiger partial charge in [0.05, 0.1) is 0 Å². The van der Waals surface area contributed by atoms with Gasteiger partial charge in [-0.25, -0.2) is 0 Å². The maximum absolute atomic E-state index is 11.5. The van der Waals surface area contributed by atoms with Crippen molar-refractivity contribution in [3.63, 3.8) is 0 Å². The number of piperidine rings is 2. The first kappa shape index (κ1) is 14.8. The third kappa shape index (κ3) is 4.77. The van der Waals surface area contributed by atoms with Crippen molar-refractivity contribution in [1.82, 2.24) is 15.1 Å². The molecule has 1 N–H and O–H groups in total. The minimum Gasteiger partial charge on any atom is -0.356 e. The Bertz CT molecular complexity index is 269. The lowest BCUT2D eigenvalue weighted by Gasteiger charge is -2.40. The van der Waals surface area contributed by atoms with E-state index in [2.05, 4.69) is 15.1 Å². The van der Waals surface area contributed by atoms with Gasteiger partial charge in [0.25, 0.3) is 0 Å². The zero-order chi connectivity index (χ0) is 13.5. The molecule has 2 aliphatic heterocycles. The second kappa shape index (κ2) is 7.85. The highest BCUT2D eigenvalue weighted by Crippen LogP contribution is 2.20. The number of hydrogen-bond acceptors (Lipinski definition) is 3. The zero-order valence-corrected chi connectivity index (χ0v) is 12.4. The number of hydrogen-bond donors (Lipinski definition) is 1. The van der Waals surface area contributed by atoms with Crippen LogP contribution < -0.4 is 5.32 Å². The summed E-state index contributed by atoms with van der Waals surface area (Å²) in [4.78, 5) is 16.6. The first-order chi connectivity index (χ1) is 9.29. The van der Waals surface area contributed by atoms with Crippen LogP contribution in [0.25, 0.3) is 0 Å². The van der Waals surface area contributed by atoms with E-state index in [0.717, 1.165) is 19.1 Å². The summed E-state index contributed by atoms with van der Waals surface area (Å²) in [6, 6.07) is 0.806. The van der Waals surface area contributed by atoms with Gasteiger partial charge in [0.15, 0.2) is 0 Å². The first-order valence-corrected chi connectivity index (χ1v) is 8.02. The second-order valence-corrected chi connectivity index (χ2v) is 5.87. The Hall–Kier alpha value is -0.610. The van der Waals surface area contributed by atoms with Crippen molar-refractivity contribution in [3.8, 4) is 0 Å². The van der Waals surface area contributed by atoms with Gasteiger partial charge in [-0.15, -0.1) is 0 Å². The van der Waals surface area contributed by atoms with Crippen molar-refractivity contribution < 1.29 is 4.79 Å².